The van der Waals surface area contributed by atoms with Crippen molar-refractivity contribution in [3.05, 3.63) is 53.6 Å². The summed E-state index contributed by atoms with van der Waals surface area (Å²) in [5.41, 5.74) is 1.70. The van der Waals surface area contributed by atoms with Crippen LogP contribution < -0.4 is 10.0 Å². The fourth-order valence-corrected chi connectivity index (χ4v) is 3.17. The van der Waals surface area contributed by atoms with Gasteiger partial charge in [-0.05, 0) is 62.2 Å². The molecule has 0 saturated heterocycles. The lowest BCUT2D eigenvalue weighted by molar-refractivity contribution is 0.102. The third-order valence-corrected chi connectivity index (χ3v) is 5.54. The second kappa shape index (κ2) is 7.16. The lowest BCUT2D eigenvalue weighted by Gasteiger charge is -2.10. The third kappa shape index (κ3) is 4.13. The zero-order valence-corrected chi connectivity index (χ0v) is 14.7. The van der Waals surface area contributed by atoms with E-state index in [-0.39, 0.29) is 10.8 Å². The second-order valence-electron chi connectivity index (χ2n) is 4.87. The van der Waals surface area contributed by atoms with E-state index in [0.717, 1.165) is 4.90 Å². The van der Waals surface area contributed by atoms with Crippen molar-refractivity contribution in [2.45, 2.75) is 16.7 Å². The van der Waals surface area contributed by atoms with Gasteiger partial charge in [0.15, 0.2) is 0 Å². The van der Waals surface area contributed by atoms with Crippen molar-refractivity contribution >= 4 is 33.4 Å². The quantitative estimate of drug-likeness (QED) is 0.813. The van der Waals surface area contributed by atoms with Crippen LogP contribution in [-0.2, 0) is 10.0 Å². The molecule has 0 heterocycles. The average molecular weight is 350 g/mol. The first-order chi connectivity index (χ1) is 10.9. The average Bonchev–Trinajstić information content (AvgIpc) is 2.55. The molecule has 0 aliphatic rings. The van der Waals surface area contributed by atoms with Crippen LogP contribution in [-0.4, -0.2) is 27.6 Å². The largest absolute Gasteiger partial charge is 0.322 e. The van der Waals surface area contributed by atoms with Gasteiger partial charge < -0.3 is 5.32 Å². The first-order valence-corrected chi connectivity index (χ1v) is 9.58. The smallest absolute Gasteiger partial charge is 0.255 e. The maximum Gasteiger partial charge on any atom is 0.255 e. The van der Waals surface area contributed by atoms with Crippen molar-refractivity contribution in [2.75, 3.05) is 18.6 Å². The van der Waals surface area contributed by atoms with E-state index in [1.807, 2.05) is 30.5 Å². The molecule has 7 heteroatoms. The van der Waals surface area contributed by atoms with Crippen molar-refractivity contribution in [1.29, 1.82) is 0 Å². The second-order valence-corrected chi connectivity index (χ2v) is 7.63. The number of anilines is 1. The first kappa shape index (κ1) is 17.5. The van der Waals surface area contributed by atoms with E-state index in [0.29, 0.717) is 16.8 Å². The molecule has 2 aromatic rings. The van der Waals surface area contributed by atoms with E-state index in [9.17, 15) is 13.2 Å². The molecule has 0 unspecified atom stereocenters. The van der Waals surface area contributed by atoms with Crippen molar-refractivity contribution in [3.8, 4) is 0 Å². The minimum absolute atomic E-state index is 0.0634. The van der Waals surface area contributed by atoms with Gasteiger partial charge in [0.2, 0.25) is 10.0 Å². The zero-order chi connectivity index (χ0) is 17.0. The van der Waals surface area contributed by atoms with Crippen molar-refractivity contribution in [1.82, 2.24) is 4.72 Å². The number of benzene rings is 2. The van der Waals surface area contributed by atoms with Gasteiger partial charge in [-0.3, -0.25) is 4.79 Å². The summed E-state index contributed by atoms with van der Waals surface area (Å²) in [6.07, 6.45) is 1.98. The Morgan fingerprint density at radius 3 is 2.30 bits per heavy atom. The number of hydrogen-bond acceptors (Lipinski definition) is 4. The molecule has 2 rings (SSSR count). The van der Waals surface area contributed by atoms with Gasteiger partial charge in [-0.1, -0.05) is 6.07 Å². The number of carbonyl (C=O) groups excluding carboxylic acids is 1. The monoisotopic (exact) mass is 350 g/mol. The number of thioether (sulfide) groups is 1. The molecule has 0 spiro atoms. The molecule has 0 radical (unpaired) electrons. The van der Waals surface area contributed by atoms with Crippen LogP contribution in [0.25, 0.3) is 0 Å². The molecule has 0 bridgehead atoms. The number of rotatable bonds is 5. The standard InChI is InChI=1S/C16H18N2O3S2/c1-11-4-9-14(23(20,21)17-2)10-15(11)16(19)18-12-5-7-13(22-3)8-6-12/h4-10,17H,1-3H3,(H,18,19). The Bertz CT molecular complexity index is 816. The highest BCUT2D eigenvalue weighted by atomic mass is 32.2. The Kier molecular flexibility index (Phi) is 5.46. The highest BCUT2D eigenvalue weighted by Crippen LogP contribution is 2.20. The minimum Gasteiger partial charge on any atom is -0.322 e. The molecule has 5 nitrogen and oxygen atoms in total. The van der Waals surface area contributed by atoms with E-state index in [1.165, 1.54) is 19.2 Å². The van der Waals surface area contributed by atoms with Crippen LogP contribution in [0.15, 0.2) is 52.3 Å². The summed E-state index contributed by atoms with van der Waals surface area (Å²) in [4.78, 5) is 13.6. The highest BCUT2D eigenvalue weighted by Gasteiger charge is 2.16. The summed E-state index contributed by atoms with van der Waals surface area (Å²) in [6.45, 7) is 1.77. The molecular formula is C16H18N2O3S2. The van der Waals surface area contributed by atoms with Gasteiger partial charge in [0.25, 0.3) is 5.91 Å². The van der Waals surface area contributed by atoms with Crippen LogP contribution in [0.1, 0.15) is 15.9 Å². The van der Waals surface area contributed by atoms with Crippen molar-refractivity contribution in [3.63, 3.8) is 0 Å². The summed E-state index contributed by atoms with van der Waals surface area (Å²) >= 11 is 1.62. The first-order valence-electron chi connectivity index (χ1n) is 6.87. The molecule has 2 aromatic carbocycles. The van der Waals surface area contributed by atoms with Gasteiger partial charge in [0.05, 0.1) is 4.90 Å². The van der Waals surface area contributed by atoms with Crippen molar-refractivity contribution in [2.24, 2.45) is 0 Å². The maximum absolute atomic E-state index is 12.4. The molecular weight excluding hydrogens is 332 g/mol. The Morgan fingerprint density at radius 2 is 1.74 bits per heavy atom. The summed E-state index contributed by atoms with van der Waals surface area (Å²) < 4.78 is 26.0. The maximum atomic E-state index is 12.4. The SMILES string of the molecule is CNS(=O)(=O)c1ccc(C)c(C(=O)Nc2ccc(SC)cc2)c1. The Balaban J connectivity index is 2.29. The van der Waals surface area contributed by atoms with Crippen molar-refractivity contribution < 1.29 is 13.2 Å². The Hall–Kier alpha value is -1.83. The molecule has 0 aliphatic carbocycles. The zero-order valence-electron chi connectivity index (χ0n) is 13.1. The van der Waals surface area contributed by atoms with E-state index in [4.69, 9.17) is 0 Å². The van der Waals surface area contributed by atoms with E-state index >= 15 is 0 Å². The van der Waals surface area contributed by atoms with Crippen LogP contribution in [0, 0.1) is 6.92 Å². The number of amides is 1. The summed E-state index contributed by atoms with van der Waals surface area (Å²) in [6, 6.07) is 11.9. The molecule has 122 valence electrons. The summed E-state index contributed by atoms with van der Waals surface area (Å²) in [5, 5.41) is 2.78. The van der Waals surface area contributed by atoms with Gasteiger partial charge in [-0.25, -0.2) is 13.1 Å². The van der Waals surface area contributed by atoms with Gasteiger partial charge >= 0.3 is 0 Å². The summed E-state index contributed by atoms with van der Waals surface area (Å²) in [7, 11) is -2.25. The predicted octanol–water partition coefficient (Wildman–Crippen LogP) is 2.88. The topological polar surface area (TPSA) is 75.3 Å². The molecule has 23 heavy (non-hydrogen) atoms. The molecule has 0 atom stereocenters. The normalized spacial score (nSPS) is 11.3. The fraction of sp³-hybridized carbons (Fsp3) is 0.188. The molecule has 0 aliphatic heterocycles. The summed E-state index contributed by atoms with van der Waals surface area (Å²) in [5.74, 6) is -0.340. The van der Waals surface area contributed by atoms with Crippen LogP contribution in [0.5, 0.6) is 0 Å². The number of nitrogens with one attached hydrogen (secondary N) is 2. The van der Waals surface area contributed by atoms with Crippen LogP contribution in [0.3, 0.4) is 0 Å². The van der Waals surface area contributed by atoms with Gasteiger partial charge in [0.1, 0.15) is 0 Å². The number of hydrogen-bond donors (Lipinski definition) is 2. The lowest BCUT2D eigenvalue weighted by Crippen LogP contribution is -2.20. The molecule has 0 saturated carbocycles. The van der Waals surface area contributed by atoms with E-state index in [1.54, 1.807) is 24.8 Å². The van der Waals surface area contributed by atoms with Gasteiger partial charge in [-0.15, -0.1) is 11.8 Å². The lowest BCUT2D eigenvalue weighted by atomic mass is 10.1. The van der Waals surface area contributed by atoms with E-state index < -0.39 is 10.0 Å². The van der Waals surface area contributed by atoms with Crippen LogP contribution in [0.4, 0.5) is 5.69 Å². The van der Waals surface area contributed by atoms with Crippen LogP contribution >= 0.6 is 11.8 Å². The van der Waals surface area contributed by atoms with Gasteiger partial charge in [-0.2, -0.15) is 0 Å². The van der Waals surface area contributed by atoms with Crippen LogP contribution in [0.2, 0.25) is 0 Å². The Morgan fingerprint density at radius 1 is 1.09 bits per heavy atom. The van der Waals surface area contributed by atoms with E-state index in [2.05, 4.69) is 10.0 Å². The Labute approximate surface area is 140 Å². The molecule has 1 amide bonds. The molecule has 0 fully saturated rings. The third-order valence-electron chi connectivity index (χ3n) is 3.38. The number of sulfonamides is 1. The fourth-order valence-electron chi connectivity index (χ4n) is 2.00. The molecule has 0 aromatic heterocycles. The minimum atomic E-state index is -3.59. The predicted molar refractivity (Wildman–Crippen MR) is 93.6 cm³/mol. The molecule has 2 N–H and O–H groups in total. The number of aryl methyl sites for hydroxylation is 1. The number of carbonyl (C=O) groups is 1. The van der Waals surface area contributed by atoms with Gasteiger partial charge in [0, 0.05) is 16.1 Å². The highest BCUT2D eigenvalue weighted by molar-refractivity contribution is 7.98.